The first-order chi connectivity index (χ1) is 12.0. The van der Waals surface area contributed by atoms with Crippen LogP contribution in [0.4, 0.5) is 5.69 Å². The summed E-state index contributed by atoms with van der Waals surface area (Å²) >= 11 is 0. The highest BCUT2D eigenvalue weighted by Gasteiger charge is 2.26. The lowest BCUT2D eigenvalue weighted by Crippen LogP contribution is -2.17. The van der Waals surface area contributed by atoms with E-state index in [0.29, 0.717) is 5.75 Å². The molecule has 0 saturated heterocycles. The van der Waals surface area contributed by atoms with E-state index in [9.17, 15) is 5.11 Å². The smallest absolute Gasteiger partial charge is 0.123 e. The number of ether oxygens (including phenoxy) is 1. The maximum Gasteiger partial charge on any atom is 0.123 e. The molecule has 2 rings (SSSR count). The molecule has 0 aliphatic carbocycles. The molecule has 0 bridgehead atoms. The summed E-state index contributed by atoms with van der Waals surface area (Å²) in [6.07, 6.45) is 1.79. The lowest BCUT2D eigenvalue weighted by Gasteiger charge is -2.27. The first-order valence-electron chi connectivity index (χ1n) is 8.83. The molecule has 0 heterocycles. The summed E-state index contributed by atoms with van der Waals surface area (Å²) in [6.45, 7) is 12.6. The molecular formula is C22H30N2O2. The molecule has 2 aromatic carbocycles. The van der Waals surface area contributed by atoms with Crippen LogP contribution >= 0.6 is 0 Å². The molecule has 0 aliphatic rings. The monoisotopic (exact) mass is 354 g/mol. The molecule has 0 amide bonds. The van der Waals surface area contributed by atoms with Crippen molar-refractivity contribution in [2.24, 2.45) is 5.10 Å². The molecular weight excluding hydrogens is 324 g/mol. The topological polar surface area (TPSA) is 53.8 Å². The Bertz CT molecular complexity index is 744. The van der Waals surface area contributed by atoms with Crippen LogP contribution in [0.1, 0.15) is 58.2 Å². The number of hydrogen-bond acceptors (Lipinski definition) is 4. The number of rotatable bonds is 4. The largest absolute Gasteiger partial charge is 0.507 e. The van der Waals surface area contributed by atoms with Crippen molar-refractivity contribution < 1.29 is 9.84 Å². The fourth-order valence-corrected chi connectivity index (χ4v) is 2.72. The van der Waals surface area contributed by atoms with Crippen molar-refractivity contribution in [3.8, 4) is 11.5 Å². The highest BCUT2D eigenvalue weighted by atomic mass is 16.5. The van der Waals surface area contributed by atoms with Crippen LogP contribution in [0.15, 0.2) is 41.5 Å². The van der Waals surface area contributed by atoms with Crippen LogP contribution < -0.4 is 10.2 Å². The van der Waals surface area contributed by atoms with Gasteiger partial charge in [-0.25, -0.2) is 0 Å². The Morgan fingerprint density at radius 1 is 0.923 bits per heavy atom. The molecule has 2 aromatic rings. The Morgan fingerprint density at radius 2 is 1.42 bits per heavy atom. The molecule has 0 fully saturated rings. The lowest BCUT2D eigenvalue weighted by atomic mass is 9.78. The second-order valence-corrected chi connectivity index (χ2v) is 8.56. The number of benzene rings is 2. The summed E-state index contributed by atoms with van der Waals surface area (Å²) in [5.74, 6) is 1.19. The van der Waals surface area contributed by atoms with Gasteiger partial charge in [-0.15, -0.1) is 0 Å². The van der Waals surface area contributed by atoms with Crippen molar-refractivity contribution >= 4 is 11.9 Å². The van der Waals surface area contributed by atoms with Gasteiger partial charge in [-0.05, 0) is 52.8 Å². The highest BCUT2D eigenvalue weighted by molar-refractivity contribution is 5.82. The van der Waals surface area contributed by atoms with Crippen LogP contribution in [-0.2, 0) is 10.8 Å². The molecule has 26 heavy (non-hydrogen) atoms. The first-order valence-corrected chi connectivity index (χ1v) is 8.83. The van der Waals surface area contributed by atoms with Crippen molar-refractivity contribution in [1.29, 1.82) is 0 Å². The molecule has 0 spiro atoms. The summed E-state index contributed by atoms with van der Waals surface area (Å²) in [6, 6.07) is 11.6. The average Bonchev–Trinajstić information content (AvgIpc) is 2.54. The second-order valence-electron chi connectivity index (χ2n) is 8.56. The Labute approximate surface area is 156 Å². The third-order valence-electron chi connectivity index (χ3n) is 4.25. The van der Waals surface area contributed by atoms with Crippen LogP contribution in [0.25, 0.3) is 0 Å². The predicted molar refractivity (Wildman–Crippen MR) is 110 cm³/mol. The highest BCUT2D eigenvalue weighted by Crippen LogP contribution is 2.39. The van der Waals surface area contributed by atoms with Gasteiger partial charge in [0.2, 0.25) is 0 Å². The molecule has 0 saturated carbocycles. The summed E-state index contributed by atoms with van der Waals surface area (Å²) in [5.41, 5.74) is 6.41. The van der Waals surface area contributed by atoms with Gasteiger partial charge in [0.1, 0.15) is 11.5 Å². The van der Waals surface area contributed by atoms with Crippen LogP contribution in [0.2, 0.25) is 0 Å². The SMILES string of the molecule is COc1ccc(N/N=C/c2cc(C(C)(C)C)c(O)c(C(C)(C)C)c2)cc1. The van der Waals surface area contributed by atoms with Gasteiger partial charge >= 0.3 is 0 Å². The Morgan fingerprint density at radius 3 is 1.85 bits per heavy atom. The zero-order chi connectivity index (χ0) is 19.5. The number of hydrogen-bond donors (Lipinski definition) is 2. The standard InChI is InChI=1S/C22H30N2O2/c1-21(2,3)18-12-15(13-19(20(18)25)22(4,5)6)14-23-24-16-8-10-17(26-7)11-9-16/h8-14,24-25H,1-7H3/b23-14+. The molecule has 0 aliphatic heterocycles. The fourth-order valence-electron chi connectivity index (χ4n) is 2.72. The molecule has 0 aromatic heterocycles. The number of hydrazone groups is 1. The Hall–Kier alpha value is -2.49. The van der Waals surface area contributed by atoms with Gasteiger partial charge in [-0.3, -0.25) is 5.43 Å². The quantitative estimate of drug-likeness (QED) is 0.568. The summed E-state index contributed by atoms with van der Waals surface area (Å²) < 4.78 is 5.15. The lowest BCUT2D eigenvalue weighted by molar-refractivity contribution is 0.415. The molecule has 4 nitrogen and oxygen atoms in total. The second kappa shape index (κ2) is 7.40. The minimum Gasteiger partial charge on any atom is -0.507 e. The number of aromatic hydroxyl groups is 1. The molecule has 0 unspecified atom stereocenters. The van der Waals surface area contributed by atoms with Crippen LogP contribution in [-0.4, -0.2) is 18.4 Å². The number of phenols is 1. The van der Waals surface area contributed by atoms with E-state index in [2.05, 4.69) is 52.1 Å². The number of nitrogens with zero attached hydrogens (tertiary/aromatic N) is 1. The van der Waals surface area contributed by atoms with Gasteiger partial charge in [0, 0.05) is 11.1 Å². The Kier molecular flexibility index (Phi) is 5.65. The van der Waals surface area contributed by atoms with Crippen molar-refractivity contribution in [2.75, 3.05) is 12.5 Å². The van der Waals surface area contributed by atoms with Gasteiger partial charge in [-0.2, -0.15) is 5.10 Å². The van der Waals surface area contributed by atoms with Gasteiger partial charge in [0.05, 0.1) is 19.0 Å². The number of phenolic OH excluding ortho intramolecular Hbond substituents is 1. The van der Waals surface area contributed by atoms with E-state index in [1.807, 2.05) is 36.4 Å². The van der Waals surface area contributed by atoms with E-state index in [4.69, 9.17) is 4.74 Å². The molecule has 0 radical (unpaired) electrons. The van der Waals surface area contributed by atoms with Crippen molar-refractivity contribution in [1.82, 2.24) is 0 Å². The maximum atomic E-state index is 10.8. The van der Waals surface area contributed by atoms with Gasteiger partial charge in [-0.1, -0.05) is 41.5 Å². The van der Waals surface area contributed by atoms with E-state index < -0.39 is 0 Å². The number of anilines is 1. The van der Waals surface area contributed by atoms with Crippen molar-refractivity contribution in [2.45, 2.75) is 52.4 Å². The molecule has 4 heteroatoms. The predicted octanol–water partition coefficient (Wildman–Crippen LogP) is 5.44. The summed E-state index contributed by atoms with van der Waals surface area (Å²) in [7, 11) is 1.64. The van der Waals surface area contributed by atoms with Gasteiger partial charge in [0.15, 0.2) is 0 Å². The zero-order valence-corrected chi connectivity index (χ0v) is 16.8. The number of nitrogens with one attached hydrogen (secondary N) is 1. The van der Waals surface area contributed by atoms with E-state index >= 15 is 0 Å². The van der Waals surface area contributed by atoms with Crippen molar-refractivity contribution in [3.05, 3.63) is 53.1 Å². The Balaban J connectivity index is 2.33. The zero-order valence-electron chi connectivity index (χ0n) is 16.8. The number of methoxy groups -OCH3 is 1. The van der Waals surface area contributed by atoms with Crippen LogP contribution in [0, 0.1) is 0 Å². The fraction of sp³-hybridized carbons (Fsp3) is 0.409. The molecule has 0 atom stereocenters. The maximum absolute atomic E-state index is 10.8. The van der Waals surface area contributed by atoms with Gasteiger partial charge in [0.25, 0.3) is 0 Å². The van der Waals surface area contributed by atoms with E-state index in [1.165, 1.54) is 0 Å². The third-order valence-corrected chi connectivity index (χ3v) is 4.25. The molecule has 2 N–H and O–H groups in total. The minimum absolute atomic E-state index is 0.155. The average molecular weight is 354 g/mol. The summed E-state index contributed by atoms with van der Waals surface area (Å²) in [5, 5.41) is 15.1. The van der Waals surface area contributed by atoms with E-state index in [-0.39, 0.29) is 10.8 Å². The van der Waals surface area contributed by atoms with Crippen LogP contribution in [0.5, 0.6) is 11.5 Å². The molecule has 140 valence electrons. The third kappa shape index (κ3) is 4.78. The van der Waals surface area contributed by atoms with E-state index in [0.717, 1.165) is 28.1 Å². The van der Waals surface area contributed by atoms with E-state index in [1.54, 1.807) is 13.3 Å². The first kappa shape index (κ1) is 19.8. The van der Waals surface area contributed by atoms with Crippen molar-refractivity contribution in [3.63, 3.8) is 0 Å². The normalized spacial score (nSPS) is 12.4. The minimum atomic E-state index is -0.155. The van der Waals surface area contributed by atoms with Gasteiger partial charge < -0.3 is 9.84 Å². The summed E-state index contributed by atoms with van der Waals surface area (Å²) in [4.78, 5) is 0. The van der Waals surface area contributed by atoms with Crippen LogP contribution in [0.3, 0.4) is 0 Å².